The number of benzene rings is 11. The van der Waals surface area contributed by atoms with Gasteiger partial charge in [-0.3, -0.25) is 0 Å². The number of para-hydroxylation sites is 1. The average Bonchev–Trinajstić information content (AvgIpc) is 3.86. The second-order valence-electron chi connectivity index (χ2n) is 15.6. The molecule has 13 aromatic rings. The van der Waals surface area contributed by atoms with Crippen molar-refractivity contribution in [2.75, 3.05) is 0 Å². The predicted octanol–water partition coefficient (Wildman–Crippen LogP) is 16.7. The molecule has 0 aliphatic carbocycles. The quantitative estimate of drug-likeness (QED) is 0.164. The molecule has 0 atom stereocenters. The van der Waals surface area contributed by atoms with E-state index in [9.17, 15) is 0 Å². The predicted molar refractivity (Wildman–Crippen MR) is 250 cm³/mol. The first-order valence-corrected chi connectivity index (χ1v) is 20.7. The molecule has 0 fully saturated rings. The molecule has 2 aromatic heterocycles. The molecular formula is C56H32OS. The van der Waals surface area contributed by atoms with E-state index in [-0.39, 0.29) is 0 Å². The van der Waals surface area contributed by atoms with Gasteiger partial charge in [0.1, 0.15) is 11.2 Å². The number of furan rings is 1. The number of hydrogen-bond acceptors (Lipinski definition) is 2. The summed E-state index contributed by atoms with van der Waals surface area (Å²) in [5.74, 6) is 0. The zero-order valence-corrected chi connectivity index (χ0v) is 32.1. The largest absolute Gasteiger partial charge is 0.456 e. The molecule has 0 saturated heterocycles. The lowest BCUT2D eigenvalue weighted by Gasteiger charge is -2.18. The number of thiophene rings is 1. The van der Waals surface area contributed by atoms with Crippen molar-refractivity contribution in [1.82, 2.24) is 0 Å². The van der Waals surface area contributed by atoms with Crippen molar-refractivity contribution in [2.24, 2.45) is 0 Å². The van der Waals surface area contributed by atoms with Crippen LogP contribution in [0.2, 0.25) is 0 Å². The van der Waals surface area contributed by atoms with Gasteiger partial charge in [0.2, 0.25) is 0 Å². The molecule has 0 amide bonds. The van der Waals surface area contributed by atoms with Crippen LogP contribution in [0.15, 0.2) is 199 Å². The molecule has 13 rings (SSSR count). The van der Waals surface area contributed by atoms with Crippen LogP contribution in [0, 0.1) is 0 Å². The molecule has 0 aliphatic rings. The average molecular weight is 753 g/mol. The van der Waals surface area contributed by atoms with Gasteiger partial charge in [-0.05, 0) is 124 Å². The Bertz CT molecular complexity index is 3810. The highest BCUT2D eigenvalue weighted by Gasteiger charge is 2.19. The van der Waals surface area contributed by atoms with Gasteiger partial charge < -0.3 is 4.42 Å². The molecule has 1 nitrogen and oxygen atoms in total. The molecule has 2 heteroatoms. The number of rotatable bonds is 3. The minimum Gasteiger partial charge on any atom is -0.456 e. The highest BCUT2D eigenvalue weighted by molar-refractivity contribution is 7.27. The van der Waals surface area contributed by atoms with Crippen molar-refractivity contribution in [2.45, 2.75) is 0 Å². The summed E-state index contributed by atoms with van der Waals surface area (Å²) in [5.41, 5.74) is 9.38. The van der Waals surface area contributed by atoms with Crippen LogP contribution in [-0.2, 0) is 0 Å². The van der Waals surface area contributed by atoms with Crippen molar-refractivity contribution in [3.63, 3.8) is 0 Å². The van der Waals surface area contributed by atoms with Gasteiger partial charge in [-0.2, -0.15) is 0 Å². The van der Waals surface area contributed by atoms with Crippen molar-refractivity contribution >= 4 is 107 Å². The Hall–Kier alpha value is -7.26. The van der Waals surface area contributed by atoms with E-state index in [0.29, 0.717) is 0 Å². The Balaban J connectivity index is 0.946. The molecule has 11 aromatic carbocycles. The van der Waals surface area contributed by atoms with E-state index >= 15 is 0 Å². The highest BCUT2D eigenvalue weighted by atomic mass is 32.1. The zero-order valence-electron chi connectivity index (χ0n) is 31.3. The van der Waals surface area contributed by atoms with E-state index in [1.54, 1.807) is 0 Å². The van der Waals surface area contributed by atoms with E-state index in [1.165, 1.54) is 118 Å². The first-order chi connectivity index (χ1) is 28.7. The summed E-state index contributed by atoms with van der Waals surface area (Å²) in [6, 6.07) is 71.6. The third-order valence-electron chi connectivity index (χ3n) is 12.4. The van der Waals surface area contributed by atoms with E-state index < -0.39 is 0 Å². The van der Waals surface area contributed by atoms with Gasteiger partial charge in [-0.15, -0.1) is 11.3 Å². The molecule has 0 N–H and O–H groups in total. The van der Waals surface area contributed by atoms with Gasteiger partial charge in [0, 0.05) is 36.3 Å². The molecule has 0 spiro atoms. The van der Waals surface area contributed by atoms with Crippen molar-refractivity contribution < 1.29 is 4.42 Å². The fourth-order valence-electron chi connectivity index (χ4n) is 9.71. The van der Waals surface area contributed by atoms with E-state index in [2.05, 4.69) is 188 Å². The number of fused-ring (bicyclic) bond motifs is 13. The van der Waals surface area contributed by atoms with E-state index in [1.807, 2.05) is 17.4 Å². The maximum Gasteiger partial charge on any atom is 0.136 e. The van der Waals surface area contributed by atoms with Crippen molar-refractivity contribution in [1.29, 1.82) is 0 Å². The monoisotopic (exact) mass is 752 g/mol. The molecule has 0 unspecified atom stereocenters. The van der Waals surface area contributed by atoms with Crippen LogP contribution >= 0.6 is 11.3 Å². The van der Waals surface area contributed by atoms with Gasteiger partial charge in [0.05, 0.1) is 0 Å². The van der Waals surface area contributed by atoms with Crippen LogP contribution in [0.5, 0.6) is 0 Å². The van der Waals surface area contributed by atoms with Gasteiger partial charge in [0.15, 0.2) is 0 Å². The third-order valence-corrected chi connectivity index (χ3v) is 13.6. The molecule has 0 bridgehead atoms. The first-order valence-electron chi connectivity index (χ1n) is 19.9. The summed E-state index contributed by atoms with van der Waals surface area (Å²) >= 11 is 1.88. The van der Waals surface area contributed by atoms with Crippen molar-refractivity contribution in [3.8, 4) is 33.4 Å². The Morgan fingerprint density at radius 3 is 1.48 bits per heavy atom. The van der Waals surface area contributed by atoms with Crippen molar-refractivity contribution in [3.05, 3.63) is 194 Å². The summed E-state index contributed by atoms with van der Waals surface area (Å²) in [5, 5.41) is 17.6. The molecule has 2 heterocycles. The maximum absolute atomic E-state index is 6.29. The van der Waals surface area contributed by atoms with Crippen LogP contribution in [0.3, 0.4) is 0 Å². The molecule has 58 heavy (non-hydrogen) atoms. The highest BCUT2D eigenvalue weighted by Crippen LogP contribution is 2.47. The molecule has 0 saturated carbocycles. The first kappa shape index (κ1) is 31.9. The van der Waals surface area contributed by atoms with Gasteiger partial charge >= 0.3 is 0 Å². The summed E-state index contributed by atoms with van der Waals surface area (Å²) in [4.78, 5) is 0. The second-order valence-corrected chi connectivity index (χ2v) is 16.6. The SMILES string of the molecule is c1ccc2cc(-c3c4ccccc4c(-c4ccc5cc(-c6ccc7ccc8c(sc9ccc%10oc%11ccccc%11c%10c98)c7c6)ccc5c4)c4ccccc34)ccc2c1. The Kier molecular flexibility index (Phi) is 6.66. The molecular weight excluding hydrogens is 721 g/mol. The summed E-state index contributed by atoms with van der Waals surface area (Å²) < 4.78 is 8.90. The lowest BCUT2D eigenvalue weighted by Crippen LogP contribution is -1.91. The van der Waals surface area contributed by atoms with Gasteiger partial charge in [-0.25, -0.2) is 0 Å². The topological polar surface area (TPSA) is 13.1 Å². The number of hydrogen-bond donors (Lipinski definition) is 0. The van der Waals surface area contributed by atoms with E-state index in [0.717, 1.165) is 11.2 Å². The van der Waals surface area contributed by atoms with Crippen LogP contribution in [0.4, 0.5) is 0 Å². The molecule has 0 radical (unpaired) electrons. The maximum atomic E-state index is 6.29. The Morgan fingerprint density at radius 1 is 0.293 bits per heavy atom. The van der Waals surface area contributed by atoms with Crippen LogP contribution in [-0.4, -0.2) is 0 Å². The summed E-state index contributed by atoms with van der Waals surface area (Å²) in [6.45, 7) is 0. The van der Waals surface area contributed by atoms with Gasteiger partial charge in [-0.1, -0.05) is 152 Å². The minimum absolute atomic E-state index is 0.937. The summed E-state index contributed by atoms with van der Waals surface area (Å²) in [7, 11) is 0. The standard InChI is InChI=1S/C56H32OS/c1-2-10-35-30-40(23-17-33(35)9-1)52-42-11-3-5-13-44(42)53(45-14-6-4-12-43(45)52)41-24-22-36-29-37(20-21-38(36)31-41)39-19-18-34-25-26-47-55-51(58-56(47)48(34)32-39)28-27-50-54(55)46-15-7-8-16-49(46)57-50/h1-32H. The fourth-order valence-corrected chi connectivity index (χ4v) is 11.0. The Morgan fingerprint density at radius 2 is 0.793 bits per heavy atom. The fraction of sp³-hybridized carbons (Fsp3) is 0. The Labute approximate surface area is 337 Å². The smallest absolute Gasteiger partial charge is 0.136 e. The van der Waals surface area contributed by atoms with Crippen LogP contribution < -0.4 is 0 Å². The normalized spacial score (nSPS) is 12.1. The lowest BCUT2D eigenvalue weighted by molar-refractivity contribution is 0.669. The van der Waals surface area contributed by atoms with E-state index in [4.69, 9.17) is 4.42 Å². The minimum atomic E-state index is 0.937. The second kappa shape index (κ2) is 12.1. The molecule has 268 valence electrons. The lowest BCUT2D eigenvalue weighted by atomic mass is 9.85. The zero-order chi connectivity index (χ0) is 37.9. The third kappa shape index (κ3) is 4.64. The van der Waals surface area contributed by atoms with Crippen LogP contribution in [0.1, 0.15) is 0 Å². The van der Waals surface area contributed by atoms with Crippen LogP contribution in [0.25, 0.3) is 129 Å². The summed E-state index contributed by atoms with van der Waals surface area (Å²) in [6.07, 6.45) is 0. The molecule has 0 aliphatic heterocycles. The van der Waals surface area contributed by atoms with Gasteiger partial charge in [0.25, 0.3) is 0 Å².